The van der Waals surface area contributed by atoms with Gasteiger partial charge < -0.3 is 9.64 Å². The van der Waals surface area contributed by atoms with Crippen molar-refractivity contribution >= 4 is 34.9 Å². The third kappa shape index (κ3) is 6.00. The summed E-state index contributed by atoms with van der Waals surface area (Å²) in [6, 6.07) is 19.7. The third-order valence-corrected chi connectivity index (χ3v) is 7.13. The molecule has 0 atom stereocenters. The van der Waals surface area contributed by atoms with Crippen molar-refractivity contribution in [3.05, 3.63) is 99.8 Å². The predicted octanol–water partition coefficient (Wildman–Crippen LogP) is 7.25. The number of ketones is 1. The van der Waals surface area contributed by atoms with Crippen LogP contribution in [0.25, 0.3) is 16.8 Å². The number of ether oxygens (including phenoxy) is 1. The molecule has 0 unspecified atom stereocenters. The van der Waals surface area contributed by atoms with Gasteiger partial charge in [-0.1, -0.05) is 53.5 Å². The van der Waals surface area contributed by atoms with Gasteiger partial charge in [0.1, 0.15) is 23.8 Å². The Morgan fingerprint density at radius 1 is 0.900 bits per heavy atom. The van der Waals surface area contributed by atoms with Crippen LogP contribution in [0.2, 0.25) is 10.0 Å². The molecule has 40 heavy (non-hydrogen) atoms. The number of benzene rings is 3. The Bertz CT molecular complexity index is 1540. The van der Waals surface area contributed by atoms with E-state index in [9.17, 15) is 22.8 Å². The standard InChI is InChI=1S/C29H22Cl2F3N3O3/c30-24-5-2-6-25(31)27(24)37-21(16-26(35-37)29(32,33)34)17-40-23-9-7-18(8-10-23)19-3-1-4-20(15-19)28(39)36-13-11-22(38)12-14-36/h1-10,15-16H,11-14,17H2. The summed E-state index contributed by atoms with van der Waals surface area (Å²) in [5.74, 6) is 0.460. The van der Waals surface area contributed by atoms with E-state index in [1.807, 2.05) is 6.07 Å². The zero-order valence-corrected chi connectivity index (χ0v) is 22.4. The van der Waals surface area contributed by atoms with Gasteiger partial charge in [0.25, 0.3) is 5.91 Å². The SMILES string of the molecule is O=C1CCN(C(=O)c2cccc(-c3ccc(OCc4cc(C(F)(F)F)nn4-c4c(Cl)cccc4Cl)cc3)c2)CC1. The van der Waals surface area contributed by atoms with Gasteiger partial charge in [0, 0.05) is 31.5 Å². The van der Waals surface area contributed by atoms with Gasteiger partial charge >= 0.3 is 6.18 Å². The zero-order valence-electron chi connectivity index (χ0n) is 20.9. The fraction of sp³-hybridized carbons (Fsp3) is 0.207. The van der Waals surface area contributed by atoms with E-state index in [1.54, 1.807) is 53.4 Å². The Balaban J connectivity index is 1.33. The van der Waals surface area contributed by atoms with E-state index in [2.05, 4.69) is 5.10 Å². The maximum atomic E-state index is 13.4. The number of hydrogen-bond acceptors (Lipinski definition) is 4. The van der Waals surface area contributed by atoms with E-state index in [4.69, 9.17) is 27.9 Å². The summed E-state index contributed by atoms with van der Waals surface area (Å²) in [4.78, 5) is 26.1. The van der Waals surface area contributed by atoms with Gasteiger partial charge in [-0.05, 0) is 53.6 Å². The number of para-hydroxylation sites is 1. The van der Waals surface area contributed by atoms with Crippen LogP contribution >= 0.6 is 23.2 Å². The van der Waals surface area contributed by atoms with Crippen molar-refractivity contribution in [3.8, 4) is 22.6 Å². The van der Waals surface area contributed by atoms with Gasteiger partial charge in [0.2, 0.25) is 0 Å². The maximum Gasteiger partial charge on any atom is 0.435 e. The van der Waals surface area contributed by atoms with Crippen LogP contribution in [-0.4, -0.2) is 39.5 Å². The minimum absolute atomic E-state index is 0.108. The highest BCUT2D eigenvalue weighted by Crippen LogP contribution is 2.34. The minimum Gasteiger partial charge on any atom is -0.487 e. The Hall–Kier alpha value is -3.82. The normalized spacial score (nSPS) is 13.9. The number of rotatable bonds is 6. The highest BCUT2D eigenvalue weighted by atomic mass is 35.5. The molecule has 3 aromatic carbocycles. The smallest absolute Gasteiger partial charge is 0.435 e. The lowest BCUT2D eigenvalue weighted by Gasteiger charge is -2.26. The Labute approximate surface area is 237 Å². The second kappa shape index (κ2) is 11.3. The van der Waals surface area contributed by atoms with Crippen LogP contribution in [-0.2, 0) is 17.6 Å². The van der Waals surface area contributed by atoms with Crippen molar-refractivity contribution in [3.63, 3.8) is 0 Å². The zero-order chi connectivity index (χ0) is 28.4. The summed E-state index contributed by atoms with van der Waals surface area (Å²) >= 11 is 12.5. The molecule has 0 saturated carbocycles. The van der Waals surface area contributed by atoms with Gasteiger partial charge in [0.15, 0.2) is 5.69 Å². The fourth-order valence-electron chi connectivity index (χ4n) is 4.42. The molecule has 1 fully saturated rings. The number of halogens is 5. The summed E-state index contributed by atoms with van der Waals surface area (Å²) in [6.07, 6.45) is -3.93. The molecule has 1 aliphatic heterocycles. The van der Waals surface area contributed by atoms with Gasteiger partial charge in [-0.3, -0.25) is 9.59 Å². The Morgan fingerprint density at radius 2 is 1.55 bits per heavy atom. The summed E-state index contributed by atoms with van der Waals surface area (Å²) in [5.41, 5.74) is 1.30. The summed E-state index contributed by atoms with van der Waals surface area (Å²) in [6.45, 7) is 0.603. The molecule has 1 aromatic heterocycles. The van der Waals surface area contributed by atoms with Gasteiger partial charge in [-0.25, -0.2) is 4.68 Å². The molecule has 0 aliphatic carbocycles. The molecule has 2 heterocycles. The largest absolute Gasteiger partial charge is 0.487 e. The number of nitrogens with zero attached hydrogens (tertiary/aromatic N) is 3. The van der Waals surface area contributed by atoms with Crippen molar-refractivity contribution in [2.24, 2.45) is 0 Å². The van der Waals surface area contributed by atoms with Gasteiger partial charge in [0.05, 0.1) is 15.7 Å². The molecule has 1 amide bonds. The first kappa shape index (κ1) is 27.7. The first-order valence-electron chi connectivity index (χ1n) is 12.3. The monoisotopic (exact) mass is 587 g/mol. The van der Waals surface area contributed by atoms with E-state index < -0.39 is 11.9 Å². The minimum atomic E-state index is -4.67. The van der Waals surface area contributed by atoms with Crippen LogP contribution in [0, 0.1) is 0 Å². The van der Waals surface area contributed by atoms with E-state index in [-0.39, 0.29) is 39.7 Å². The molecule has 206 valence electrons. The second-order valence-corrected chi connectivity index (χ2v) is 10.0. The van der Waals surface area contributed by atoms with Crippen molar-refractivity contribution < 1.29 is 27.5 Å². The fourth-order valence-corrected chi connectivity index (χ4v) is 4.98. The molecule has 6 nitrogen and oxygen atoms in total. The molecule has 0 radical (unpaired) electrons. The van der Waals surface area contributed by atoms with Crippen LogP contribution in [0.5, 0.6) is 5.75 Å². The van der Waals surface area contributed by atoms with Crippen LogP contribution in [0.3, 0.4) is 0 Å². The topological polar surface area (TPSA) is 64.4 Å². The number of hydrogen-bond donors (Lipinski definition) is 0. The van der Waals surface area contributed by atoms with Crippen molar-refractivity contribution in [2.75, 3.05) is 13.1 Å². The second-order valence-electron chi connectivity index (χ2n) is 9.23. The number of likely N-dealkylation sites (tertiary alicyclic amines) is 1. The molecule has 11 heteroatoms. The first-order valence-corrected chi connectivity index (χ1v) is 13.1. The number of carbonyl (C=O) groups is 2. The lowest BCUT2D eigenvalue weighted by molar-refractivity contribution is -0.141. The number of carbonyl (C=O) groups excluding carboxylic acids is 2. The first-order chi connectivity index (χ1) is 19.1. The lowest BCUT2D eigenvalue weighted by atomic mass is 10.0. The van der Waals surface area contributed by atoms with Crippen molar-refractivity contribution in [1.29, 1.82) is 0 Å². The predicted molar refractivity (Wildman–Crippen MR) is 145 cm³/mol. The average Bonchev–Trinajstić information content (AvgIpc) is 3.37. The number of Topliss-reactive ketones (excluding diaryl/α,β-unsaturated/α-hetero) is 1. The molecule has 0 N–H and O–H groups in total. The molecule has 0 bridgehead atoms. The number of piperidine rings is 1. The number of aromatic nitrogens is 2. The van der Waals surface area contributed by atoms with E-state index in [1.165, 1.54) is 12.1 Å². The highest BCUT2D eigenvalue weighted by molar-refractivity contribution is 6.37. The van der Waals surface area contributed by atoms with E-state index >= 15 is 0 Å². The number of amides is 1. The van der Waals surface area contributed by atoms with Crippen LogP contribution in [0.15, 0.2) is 72.8 Å². The Kier molecular flexibility index (Phi) is 7.87. The van der Waals surface area contributed by atoms with E-state index in [0.29, 0.717) is 37.2 Å². The molecule has 4 aromatic rings. The summed E-state index contributed by atoms with van der Waals surface area (Å²) in [5, 5.41) is 3.98. The molecule has 5 rings (SSSR count). The molecule has 1 aliphatic rings. The summed E-state index contributed by atoms with van der Waals surface area (Å²) in [7, 11) is 0. The molecular formula is C29H22Cl2F3N3O3. The Morgan fingerprint density at radius 3 is 2.20 bits per heavy atom. The van der Waals surface area contributed by atoms with Gasteiger partial charge in [-0.2, -0.15) is 18.3 Å². The van der Waals surface area contributed by atoms with Gasteiger partial charge in [-0.15, -0.1) is 0 Å². The molecule has 0 spiro atoms. The van der Waals surface area contributed by atoms with Crippen LogP contribution < -0.4 is 4.74 Å². The van der Waals surface area contributed by atoms with Crippen molar-refractivity contribution in [1.82, 2.24) is 14.7 Å². The highest BCUT2D eigenvalue weighted by Gasteiger charge is 2.35. The quantitative estimate of drug-likeness (QED) is 0.238. The maximum absolute atomic E-state index is 13.4. The average molecular weight is 588 g/mol. The van der Waals surface area contributed by atoms with Crippen molar-refractivity contribution in [2.45, 2.75) is 25.6 Å². The third-order valence-electron chi connectivity index (χ3n) is 6.52. The van der Waals surface area contributed by atoms with E-state index in [0.717, 1.165) is 21.9 Å². The molecule has 1 saturated heterocycles. The van der Waals surface area contributed by atoms with Crippen LogP contribution in [0.4, 0.5) is 13.2 Å². The summed E-state index contributed by atoms with van der Waals surface area (Å²) < 4.78 is 47.2. The number of alkyl halides is 3. The van der Waals surface area contributed by atoms with Crippen LogP contribution in [0.1, 0.15) is 34.6 Å². The molecular weight excluding hydrogens is 566 g/mol. The lowest BCUT2D eigenvalue weighted by Crippen LogP contribution is -2.38.